The number of aromatic nitrogens is 2. The van der Waals surface area contributed by atoms with E-state index in [0.29, 0.717) is 38.5 Å². The van der Waals surface area contributed by atoms with E-state index < -0.39 is 30.3 Å². The van der Waals surface area contributed by atoms with Gasteiger partial charge in [-0.15, -0.1) is 0 Å². The minimum Gasteiger partial charge on any atom is -0.381 e. The number of piperidine rings is 1. The van der Waals surface area contributed by atoms with Crippen molar-refractivity contribution in [1.82, 2.24) is 35.1 Å². The van der Waals surface area contributed by atoms with E-state index in [1.165, 1.54) is 4.68 Å². The molecule has 188 valence electrons. The van der Waals surface area contributed by atoms with Crippen LogP contribution in [0.5, 0.6) is 0 Å². The number of amides is 2. The molecular formula is C21H33F2N9O2. The lowest BCUT2D eigenvalue weighted by molar-refractivity contribution is -0.143. The van der Waals surface area contributed by atoms with Crippen LogP contribution in [-0.2, 0) is 11.3 Å². The summed E-state index contributed by atoms with van der Waals surface area (Å²) in [6.07, 6.45) is -2.29. The highest BCUT2D eigenvalue weighted by atomic mass is 19.1. The van der Waals surface area contributed by atoms with E-state index >= 15 is 4.39 Å². The smallest absolute Gasteiger partial charge is 0.259 e. The number of piperazine rings is 1. The number of nitrogens with one attached hydrogen (secondary N) is 3. The lowest BCUT2D eigenvalue weighted by Crippen LogP contribution is -2.67. The van der Waals surface area contributed by atoms with E-state index in [0.717, 1.165) is 13.1 Å². The number of carbonyl (C=O) groups is 2. The van der Waals surface area contributed by atoms with Gasteiger partial charge in [0.05, 0.1) is 24.5 Å². The molecule has 4 aliphatic heterocycles. The summed E-state index contributed by atoms with van der Waals surface area (Å²) in [5, 5.41) is 13.0. The van der Waals surface area contributed by atoms with Crippen LogP contribution >= 0.6 is 0 Å². The van der Waals surface area contributed by atoms with Crippen LogP contribution in [-0.4, -0.2) is 127 Å². The number of nitrogens with zero attached hydrogens (tertiary/aromatic N) is 5. The lowest BCUT2D eigenvalue weighted by atomic mass is 9.95. The van der Waals surface area contributed by atoms with Gasteiger partial charge in [0.1, 0.15) is 23.7 Å². The van der Waals surface area contributed by atoms with Crippen molar-refractivity contribution in [3.8, 4) is 0 Å². The highest BCUT2D eigenvalue weighted by Crippen LogP contribution is 2.27. The zero-order chi connectivity index (χ0) is 24.0. The van der Waals surface area contributed by atoms with E-state index in [-0.39, 0.29) is 42.8 Å². The molecule has 0 aromatic carbocycles. The van der Waals surface area contributed by atoms with E-state index in [2.05, 4.69) is 25.9 Å². The Bertz CT molecular complexity index is 930. The van der Waals surface area contributed by atoms with E-state index in [4.69, 9.17) is 5.73 Å². The first-order valence-corrected chi connectivity index (χ1v) is 11.9. The number of hydrogen-bond donors (Lipinski definition) is 4. The number of alkyl halides is 2. The predicted octanol–water partition coefficient (Wildman–Crippen LogP) is -1.66. The van der Waals surface area contributed by atoms with Crippen LogP contribution in [0, 0.1) is 5.92 Å². The average Bonchev–Trinajstić information content (AvgIpc) is 3.11. The number of halogens is 2. The van der Waals surface area contributed by atoms with Crippen molar-refractivity contribution in [2.24, 2.45) is 5.92 Å². The standard InChI is InChI=1S/C21H33F2N9O2/c1-29-9-12(10-29)21(34)31-4-2-30(3-5-31)17-14(23)7-25-8-15(17)27-20(33)16-18(24)28-32-11-13(22)6-26-19(16)32/h12-15,17,25-26H,2-11H2,1H3,(H2,24,28)(H,27,33). The number of rotatable bonds is 4. The van der Waals surface area contributed by atoms with Crippen molar-refractivity contribution >= 4 is 23.5 Å². The Labute approximate surface area is 197 Å². The first-order valence-electron chi connectivity index (χ1n) is 11.9. The topological polar surface area (TPSA) is 124 Å². The maximum Gasteiger partial charge on any atom is 0.259 e. The third-order valence-corrected chi connectivity index (χ3v) is 7.33. The van der Waals surface area contributed by atoms with Crippen LogP contribution in [0.1, 0.15) is 10.4 Å². The number of hydrogen-bond acceptors (Lipinski definition) is 8. The number of fused-ring (bicyclic) bond motifs is 1. The summed E-state index contributed by atoms with van der Waals surface area (Å²) in [5.41, 5.74) is 6.13. The van der Waals surface area contributed by atoms with Gasteiger partial charge in [-0.2, -0.15) is 5.10 Å². The van der Waals surface area contributed by atoms with E-state index in [9.17, 15) is 14.0 Å². The molecule has 5 rings (SSSR count). The molecule has 11 nitrogen and oxygen atoms in total. The zero-order valence-electron chi connectivity index (χ0n) is 19.3. The highest BCUT2D eigenvalue weighted by Gasteiger charge is 2.42. The van der Waals surface area contributed by atoms with Gasteiger partial charge in [-0.1, -0.05) is 0 Å². The van der Waals surface area contributed by atoms with Crippen LogP contribution < -0.4 is 21.7 Å². The van der Waals surface area contributed by atoms with Gasteiger partial charge < -0.3 is 31.5 Å². The molecule has 3 fully saturated rings. The predicted molar refractivity (Wildman–Crippen MR) is 122 cm³/mol. The molecule has 4 aliphatic rings. The summed E-state index contributed by atoms with van der Waals surface area (Å²) in [7, 11) is 2.00. The monoisotopic (exact) mass is 481 g/mol. The molecular weight excluding hydrogens is 448 g/mol. The van der Waals surface area contributed by atoms with Gasteiger partial charge in [-0.3, -0.25) is 14.5 Å². The summed E-state index contributed by atoms with van der Waals surface area (Å²) >= 11 is 0. The summed E-state index contributed by atoms with van der Waals surface area (Å²) in [6, 6.07) is -1.01. The molecule has 1 aromatic heterocycles. The molecule has 0 radical (unpaired) electrons. The quantitative estimate of drug-likeness (QED) is 0.403. The average molecular weight is 482 g/mol. The van der Waals surface area contributed by atoms with Gasteiger partial charge in [0.2, 0.25) is 5.91 Å². The van der Waals surface area contributed by atoms with Gasteiger partial charge in [0.25, 0.3) is 5.91 Å². The van der Waals surface area contributed by atoms with Crippen LogP contribution in [0.15, 0.2) is 0 Å². The molecule has 3 saturated heterocycles. The summed E-state index contributed by atoms with van der Waals surface area (Å²) in [4.78, 5) is 31.9. The summed E-state index contributed by atoms with van der Waals surface area (Å²) in [5.74, 6) is 0.173. The maximum absolute atomic E-state index is 15.1. The Kier molecular flexibility index (Phi) is 6.34. The molecule has 0 spiro atoms. The molecule has 5 N–H and O–H groups in total. The molecule has 34 heavy (non-hydrogen) atoms. The van der Waals surface area contributed by atoms with Crippen LogP contribution in [0.2, 0.25) is 0 Å². The third-order valence-electron chi connectivity index (χ3n) is 7.33. The number of nitrogen functional groups attached to an aromatic ring is 1. The Morgan fingerprint density at radius 2 is 1.82 bits per heavy atom. The number of likely N-dealkylation sites (tertiary alicyclic amines) is 1. The number of carbonyl (C=O) groups excluding carboxylic acids is 2. The van der Waals surface area contributed by atoms with Crippen LogP contribution in [0.3, 0.4) is 0 Å². The Morgan fingerprint density at radius 1 is 1.09 bits per heavy atom. The van der Waals surface area contributed by atoms with E-state index in [1.54, 1.807) is 0 Å². The Morgan fingerprint density at radius 3 is 2.53 bits per heavy atom. The van der Waals surface area contributed by atoms with Crippen molar-refractivity contribution in [1.29, 1.82) is 0 Å². The van der Waals surface area contributed by atoms with Gasteiger partial charge in [0.15, 0.2) is 5.82 Å². The van der Waals surface area contributed by atoms with Gasteiger partial charge in [-0.25, -0.2) is 13.5 Å². The third kappa shape index (κ3) is 4.31. The van der Waals surface area contributed by atoms with Crippen molar-refractivity contribution in [2.75, 3.05) is 77.0 Å². The second-order valence-electron chi connectivity index (χ2n) is 9.79. The molecule has 13 heteroatoms. The van der Waals surface area contributed by atoms with E-state index in [1.807, 2.05) is 16.8 Å². The molecule has 4 unspecified atom stereocenters. The summed E-state index contributed by atoms with van der Waals surface area (Å²) in [6.45, 7) is 4.50. The first kappa shape index (κ1) is 23.2. The van der Waals surface area contributed by atoms with Crippen molar-refractivity contribution in [3.63, 3.8) is 0 Å². The van der Waals surface area contributed by atoms with Crippen LogP contribution in [0.25, 0.3) is 0 Å². The fourth-order valence-electron chi connectivity index (χ4n) is 5.56. The SMILES string of the molecule is CN1CC(C(=O)N2CCN(C3C(F)CNCC3NC(=O)c3c(N)nn4c3NCC(F)C4)CC2)C1. The fraction of sp³-hybridized carbons (Fsp3) is 0.762. The largest absolute Gasteiger partial charge is 0.381 e. The first-order chi connectivity index (χ1) is 16.3. The fourth-order valence-corrected chi connectivity index (χ4v) is 5.56. The summed E-state index contributed by atoms with van der Waals surface area (Å²) < 4.78 is 30.2. The second-order valence-corrected chi connectivity index (χ2v) is 9.79. The minimum atomic E-state index is -1.18. The van der Waals surface area contributed by atoms with Crippen molar-refractivity contribution < 1.29 is 18.4 Å². The normalized spacial score (nSPS) is 30.9. The minimum absolute atomic E-state index is 0.0139. The molecule has 5 heterocycles. The molecule has 2 amide bonds. The maximum atomic E-state index is 15.1. The van der Waals surface area contributed by atoms with Gasteiger partial charge >= 0.3 is 0 Å². The lowest BCUT2D eigenvalue weighted by Gasteiger charge is -2.47. The Hall–Kier alpha value is -2.51. The van der Waals surface area contributed by atoms with Crippen LogP contribution in [0.4, 0.5) is 20.4 Å². The zero-order valence-corrected chi connectivity index (χ0v) is 19.3. The number of anilines is 2. The molecule has 0 bridgehead atoms. The number of nitrogens with two attached hydrogens (primary N) is 1. The second kappa shape index (κ2) is 9.27. The molecule has 4 atom stereocenters. The highest BCUT2D eigenvalue weighted by molar-refractivity contribution is 6.03. The molecule has 0 aliphatic carbocycles. The Balaban J connectivity index is 1.24. The van der Waals surface area contributed by atoms with Gasteiger partial charge in [0, 0.05) is 58.9 Å². The van der Waals surface area contributed by atoms with Gasteiger partial charge in [-0.05, 0) is 7.05 Å². The molecule has 1 aromatic rings. The molecule has 0 saturated carbocycles. The van der Waals surface area contributed by atoms with Crippen molar-refractivity contribution in [3.05, 3.63) is 5.56 Å². The van der Waals surface area contributed by atoms with Crippen molar-refractivity contribution in [2.45, 2.75) is 31.0 Å².